The first kappa shape index (κ1) is 14.8. The molecule has 3 aliphatic rings. The zero-order valence-electron chi connectivity index (χ0n) is 13.3. The van der Waals surface area contributed by atoms with Gasteiger partial charge in [-0.05, 0) is 77.7 Å². The minimum atomic E-state index is 0.796. The van der Waals surface area contributed by atoms with Crippen molar-refractivity contribution < 1.29 is 0 Å². The maximum Gasteiger partial charge on any atom is 0.0113 e. The summed E-state index contributed by atoms with van der Waals surface area (Å²) in [6, 6.07) is 2.56. The molecule has 20 heavy (non-hydrogen) atoms. The van der Waals surface area contributed by atoms with Gasteiger partial charge in [0.25, 0.3) is 0 Å². The standard InChI is InChI=1S/C17H33N3/c1-2-18-15-13-16-7-5-8-17(14-15)20(16)12-6-11-19-9-3-4-10-19/h15-18H,2-14H2,1H3. The summed E-state index contributed by atoms with van der Waals surface area (Å²) in [7, 11) is 0. The Morgan fingerprint density at radius 2 is 1.65 bits per heavy atom. The number of hydrogen-bond donors (Lipinski definition) is 1. The third-order valence-electron chi connectivity index (χ3n) is 5.71. The van der Waals surface area contributed by atoms with Crippen LogP contribution >= 0.6 is 0 Å². The molecular weight excluding hydrogens is 246 g/mol. The lowest BCUT2D eigenvalue weighted by atomic mass is 9.81. The van der Waals surface area contributed by atoms with Crippen LogP contribution in [0.25, 0.3) is 0 Å². The van der Waals surface area contributed by atoms with Crippen LogP contribution in [0.5, 0.6) is 0 Å². The topological polar surface area (TPSA) is 18.5 Å². The van der Waals surface area contributed by atoms with Gasteiger partial charge in [-0.3, -0.25) is 4.90 Å². The van der Waals surface area contributed by atoms with Gasteiger partial charge in [0.15, 0.2) is 0 Å². The van der Waals surface area contributed by atoms with Crippen molar-refractivity contribution in [2.75, 3.05) is 32.7 Å². The summed E-state index contributed by atoms with van der Waals surface area (Å²) in [6.07, 6.45) is 11.4. The van der Waals surface area contributed by atoms with Crippen LogP contribution in [0.15, 0.2) is 0 Å². The van der Waals surface area contributed by atoms with Crippen molar-refractivity contribution >= 4 is 0 Å². The molecule has 0 radical (unpaired) electrons. The number of fused-ring (bicyclic) bond motifs is 2. The molecule has 1 N–H and O–H groups in total. The largest absolute Gasteiger partial charge is 0.314 e. The summed E-state index contributed by atoms with van der Waals surface area (Å²) in [6.45, 7) is 8.79. The van der Waals surface area contributed by atoms with Crippen molar-refractivity contribution in [1.29, 1.82) is 0 Å². The molecule has 0 aliphatic carbocycles. The van der Waals surface area contributed by atoms with Crippen LogP contribution in [0.4, 0.5) is 0 Å². The molecule has 116 valence electrons. The van der Waals surface area contributed by atoms with Crippen LogP contribution in [-0.2, 0) is 0 Å². The summed E-state index contributed by atoms with van der Waals surface area (Å²) in [5, 5.41) is 3.70. The highest BCUT2D eigenvalue weighted by Gasteiger charge is 2.37. The van der Waals surface area contributed by atoms with Crippen LogP contribution in [0, 0.1) is 0 Å². The Bertz CT molecular complexity index is 274. The fourth-order valence-corrected chi connectivity index (χ4v) is 4.78. The Kier molecular flexibility index (Phi) is 5.36. The summed E-state index contributed by atoms with van der Waals surface area (Å²) in [4.78, 5) is 5.55. The lowest BCUT2D eigenvalue weighted by Gasteiger charge is -2.49. The average Bonchev–Trinajstić information content (AvgIpc) is 2.93. The second-order valence-corrected chi connectivity index (χ2v) is 7.10. The maximum absolute atomic E-state index is 3.70. The molecule has 3 saturated heterocycles. The van der Waals surface area contributed by atoms with Gasteiger partial charge in [0.1, 0.15) is 0 Å². The number of hydrogen-bond acceptors (Lipinski definition) is 3. The minimum absolute atomic E-state index is 0.796. The fraction of sp³-hybridized carbons (Fsp3) is 1.00. The van der Waals surface area contributed by atoms with Crippen molar-refractivity contribution in [3.8, 4) is 0 Å². The molecule has 0 aromatic rings. The van der Waals surface area contributed by atoms with Crippen LogP contribution in [0.3, 0.4) is 0 Å². The lowest BCUT2D eigenvalue weighted by Crippen LogP contribution is -2.56. The van der Waals surface area contributed by atoms with Crippen molar-refractivity contribution in [3.63, 3.8) is 0 Å². The molecule has 0 spiro atoms. The lowest BCUT2D eigenvalue weighted by molar-refractivity contribution is 0.0224. The third kappa shape index (κ3) is 3.55. The highest BCUT2D eigenvalue weighted by molar-refractivity contribution is 4.94. The van der Waals surface area contributed by atoms with Gasteiger partial charge in [-0.25, -0.2) is 0 Å². The van der Waals surface area contributed by atoms with E-state index < -0.39 is 0 Å². The Hall–Kier alpha value is -0.120. The SMILES string of the molecule is CCNC1CC2CCCC(C1)N2CCCN1CCCC1. The van der Waals surface area contributed by atoms with E-state index >= 15 is 0 Å². The predicted molar refractivity (Wildman–Crippen MR) is 85.1 cm³/mol. The fourth-order valence-electron chi connectivity index (χ4n) is 4.78. The van der Waals surface area contributed by atoms with E-state index in [4.69, 9.17) is 0 Å². The van der Waals surface area contributed by atoms with E-state index in [1.165, 1.54) is 77.5 Å². The number of likely N-dealkylation sites (tertiary alicyclic amines) is 1. The monoisotopic (exact) mass is 279 g/mol. The van der Waals surface area contributed by atoms with E-state index in [0.29, 0.717) is 0 Å². The van der Waals surface area contributed by atoms with Crippen molar-refractivity contribution in [2.24, 2.45) is 0 Å². The second kappa shape index (κ2) is 7.24. The van der Waals surface area contributed by atoms with Crippen molar-refractivity contribution in [1.82, 2.24) is 15.1 Å². The third-order valence-corrected chi connectivity index (χ3v) is 5.71. The number of nitrogens with zero attached hydrogens (tertiary/aromatic N) is 2. The van der Waals surface area contributed by atoms with Gasteiger partial charge >= 0.3 is 0 Å². The van der Waals surface area contributed by atoms with Crippen LogP contribution in [-0.4, -0.2) is 60.6 Å². The van der Waals surface area contributed by atoms with E-state index in [1.54, 1.807) is 0 Å². The summed E-state index contributed by atoms with van der Waals surface area (Å²) < 4.78 is 0. The predicted octanol–water partition coefficient (Wildman–Crippen LogP) is 2.47. The highest BCUT2D eigenvalue weighted by Crippen LogP contribution is 2.34. The van der Waals surface area contributed by atoms with Gasteiger partial charge in [-0.1, -0.05) is 13.3 Å². The van der Waals surface area contributed by atoms with Gasteiger partial charge < -0.3 is 10.2 Å². The van der Waals surface area contributed by atoms with Gasteiger partial charge in [0.2, 0.25) is 0 Å². The zero-order chi connectivity index (χ0) is 13.8. The van der Waals surface area contributed by atoms with Gasteiger partial charge in [0.05, 0.1) is 0 Å². The molecule has 2 bridgehead atoms. The van der Waals surface area contributed by atoms with Gasteiger partial charge in [-0.2, -0.15) is 0 Å². The molecule has 3 fully saturated rings. The Morgan fingerprint density at radius 3 is 2.30 bits per heavy atom. The van der Waals surface area contributed by atoms with Crippen molar-refractivity contribution in [2.45, 2.75) is 76.4 Å². The van der Waals surface area contributed by atoms with Crippen LogP contribution in [0.2, 0.25) is 0 Å². The van der Waals surface area contributed by atoms with Gasteiger partial charge in [0, 0.05) is 18.1 Å². The number of piperidine rings is 2. The molecule has 2 atom stereocenters. The molecule has 3 nitrogen and oxygen atoms in total. The van der Waals surface area contributed by atoms with E-state index in [1.807, 2.05) is 0 Å². The molecule has 0 aromatic heterocycles. The first-order valence-electron chi connectivity index (χ1n) is 9.08. The Balaban J connectivity index is 1.46. The second-order valence-electron chi connectivity index (χ2n) is 7.10. The van der Waals surface area contributed by atoms with Crippen molar-refractivity contribution in [3.05, 3.63) is 0 Å². The quantitative estimate of drug-likeness (QED) is 0.806. The molecule has 0 amide bonds. The maximum atomic E-state index is 3.70. The normalized spacial score (nSPS) is 35.5. The minimum Gasteiger partial charge on any atom is -0.314 e. The number of nitrogens with one attached hydrogen (secondary N) is 1. The molecular formula is C17H33N3. The molecule has 3 heterocycles. The van der Waals surface area contributed by atoms with E-state index in [0.717, 1.165) is 24.7 Å². The van der Waals surface area contributed by atoms with E-state index in [2.05, 4.69) is 22.0 Å². The number of rotatable bonds is 6. The molecule has 3 rings (SSSR count). The summed E-state index contributed by atoms with van der Waals surface area (Å²) >= 11 is 0. The zero-order valence-corrected chi connectivity index (χ0v) is 13.3. The molecule has 0 saturated carbocycles. The van der Waals surface area contributed by atoms with Crippen LogP contribution < -0.4 is 5.32 Å². The first-order chi connectivity index (χ1) is 9.86. The Morgan fingerprint density at radius 1 is 0.950 bits per heavy atom. The average molecular weight is 279 g/mol. The summed E-state index contributed by atoms with van der Waals surface area (Å²) in [5.74, 6) is 0. The first-order valence-corrected chi connectivity index (χ1v) is 9.08. The molecule has 2 unspecified atom stereocenters. The van der Waals surface area contributed by atoms with Gasteiger partial charge in [-0.15, -0.1) is 0 Å². The van der Waals surface area contributed by atoms with E-state index in [9.17, 15) is 0 Å². The molecule has 3 heteroatoms. The Labute approximate surface area is 125 Å². The smallest absolute Gasteiger partial charge is 0.0113 e. The molecule has 3 aliphatic heterocycles. The van der Waals surface area contributed by atoms with Crippen LogP contribution in [0.1, 0.15) is 58.3 Å². The summed E-state index contributed by atoms with van der Waals surface area (Å²) in [5.41, 5.74) is 0. The van der Waals surface area contributed by atoms with E-state index in [-0.39, 0.29) is 0 Å². The molecule has 0 aromatic carbocycles. The highest BCUT2D eigenvalue weighted by atomic mass is 15.2.